The van der Waals surface area contributed by atoms with Gasteiger partial charge in [0.05, 0.1) is 0 Å². The first-order chi connectivity index (χ1) is 8.06. The molecule has 0 N–H and O–H groups in total. The molecule has 1 saturated carbocycles. The van der Waals surface area contributed by atoms with Crippen molar-refractivity contribution < 1.29 is 9.53 Å². The van der Waals surface area contributed by atoms with Crippen molar-refractivity contribution in [3.8, 4) is 0 Å². The number of ether oxygens (including phenoxy) is 1. The minimum absolute atomic E-state index is 0.126. The third-order valence-electron chi connectivity index (χ3n) is 3.89. The van der Waals surface area contributed by atoms with Crippen LogP contribution in [0.2, 0.25) is 0 Å². The predicted molar refractivity (Wildman–Crippen MR) is 70.9 cm³/mol. The van der Waals surface area contributed by atoms with E-state index in [1.165, 1.54) is 45.4 Å². The molecule has 0 amide bonds. The second-order valence-electron chi connectivity index (χ2n) is 5.86. The molecule has 0 saturated heterocycles. The second kappa shape index (κ2) is 7.03. The van der Waals surface area contributed by atoms with E-state index in [1.807, 2.05) is 0 Å². The van der Waals surface area contributed by atoms with Gasteiger partial charge < -0.3 is 4.74 Å². The molecule has 2 nitrogen and oxygen atoms in total. The van der Waals surface area contributed by atoms with Crippen molar-refractivity contribution in [3.05, 3.63) is 0 Å². The van der Waals surface area contributed by atoms with E-state index in [9.17, 15) is 4.79 Å². The van der Waals surface area contributed by atoms with Crippen LogP contribution >= 0.6 is 0 Å². The summed E-state index contributed by atoms with van der Waals surface area (Å²) in [7, 11) is 0. The highest BCUT2D eigenvalue weighted by molar-refractivity contribution is 5.66. The summed E-state index contributed by atoms with van der Waals surface area (Å²) in [5.41, 5.74) is -0.218. The van der Waals surface area contributed by atoms with Gasteiger partial charge in [0.25, 0.3) is 0 Å². The van der Waals surface area contributed by atoms with Crippen molar-refractivity contribution >= 4 is 5.97 Å². The molecule has 1 rings (SSSR count). The van der Waals surface area contributed by atoms with Gasteiger partial charge in [0.2, 0.25) is 0 Å². The van der Waals surface area contributed by atoms with Crippen LogP contribution in [0.5, 0.6) is 0 Å². The fourth-order valence-corrected chi connectivity index (χ4v) is 3.09. The third kappa shape index (κ3) is 5.56. The number of hydrogen-bond acceptors (Lipinski definition) is 2. The van der Waals surface area contributed by atoms with E-state index in [2.05, 4.69) is 13.8 Å². The molecule has 0 aromatic heterocycles. The Morgan fingerprint density at radius 2 is 1.94 bits per heavy atom. The minimum Gasteiger partial charge on any atom is -0.460 e. The molecular formula is C15H28O2. The lowest BCUT2D eigenvalue weighted by atomic mass is 9.79. The number of unbranched alkanes of at least 4 members (excludes halogenated alkanes) is 1. The van der Waals surface area contributed by atoms with Crippen molar-refractivity contribution in [1.29, 1.82) is 0 Å². The molecule has 17 heavy (non-hydrogen) atoms. The fourth-order valence-electron chi connectivity index (χ4n) is 3.09. The summed E-state index contributed by atoms with van der Waals surface area (Å²) in [6.45, 7) is 5.85. The summed E-state index contributed by atoms with van der Waals surface area (Å²) in [5.74, 6) is 0.643. The molecule has 0 bridgehead atoms. The van der Waals surface area contributed by atoms with Gasteiger partial charge in [0.15, 0.2) is 0 Å². The molecule has 100 valence electrons. The quantitative estimate of drug-likeness (QED) is 0.640. The first-order valence-electron chi connectivity index (χ1n) is 7.25. The maximum atomic E-state index is 11.2. The number of hydrogen-bond donors (Lipinski definition) is 0. The Hall–Kier alpha value is -0.530. The van der Waals surface area contributed by atoms with Crippen LogP contribution in [0.15, 0.2) is 0 Å². The molecular weight excluding hydrogens is 212 g/mol. The highest BCUT2D eigenvalue weighted by atomic mass is 16.6. The van der Waals surface area contributed by atoms with Crippen LogP contribution in [0.4, 0.5) is 0 Å². The van der Waals surface area contributed by atoms with E-state index in [0.717, 1.165) is 25.2 Å². The Kier molecular flexibility index (Phi) is 6.01. The van der Waals surface area contributed by atoms with Crippen molar-refractivity contribution in [2.45, 2.75) is 84.2 Å². The molecule has 0 spiro atoms. The Morgan fingerprint density at radius 1 is 1.29 bits per heavy atom. The van der Waals surface area contributed by atoms with Crippen molar-refractivity contribution in [3.63, 3.8) is 0 Å². The molecule has 0 radical (unpaired) electrons. The molecule has 1 atom stereocenters. The normalized spacial score (nSPS) is 20.9. The monoisotopic (exact) mass is 240 g/mol. The molecule has 0 aromatic carbocycles. The maximum Gasteiger partial charge on any atom is 0.303 e. The van der Waals surface area contributed by atoms with E-state index in [-0.39, 0.29) is 11.6 Å². The summed E-state index contributed by atoms with van der Waals surface area (Å²) >= 11 is 0. The molecule has 1 aliphatic rings. The summed E-state index contributed by atoms with van der Waals surface area (Å²) in [6.07, 6.45) is 11.1. The van der Waals surface area contributed by atoms with Crippen LogP contribution in [0, 0.1) is 5.92 Å². The molecule has 1 fully saturated rings. The topological polar surface area (TPSA) is 26.3 Å². The van der Waals surface area contributed by atoms with E-state index in [4.69, 9.17) is 4.74 Å². The first kappa shape index (κ1) is 14.5. The summed E-state index contributed by atoms with van der Waals surface area (Å²) in [6, 6.07) is 0. The molecule has 0 heterocycles. The van der Waals surface area contributed by atoms with Crippen LogP contribution in [-0.4, -0.2) is 11.6 Å². The van der Waals surface area contributed by atoms with E-state index in [1.54, 1.807) is 0 Å². The van der Waals surface area contributed by atoms with Crippen LogP contribution in [0.3, 0.4) is 0 Å². The zero-order chi connectivity index (χ0) is 12.7. The van der Waals surface area contributed by atoms with Gasteiger partial charge in [-0.2, -0.15) is 0 Å². The Labute approximate surface area is 106 Å². The van der Waals surface area contributed by atoms with Crippen LogP contribution in [0.25, 0.3) is 0 Å². The SMILES string of the molecule is CCCCC(C)(CC1CCCCC1)OC(C)=O. The second-order valence-corrected chi connectivity index (χ2v) is 5.86. The lowest BCUT2D eigenvalue weighted by Gasteiger charge is -2.34. The minimum atomic E-state index is -0.218. The van der Waals surface area contributed by atoms with Gasteiger partial charge in [0, 0.05) is 6.92 Å². The van der Waals surface area contributed by atoms with E-state index >= 15 is 0 Å². The van der Waals surface area contributed by atoms with Gasteiger partial charge in [-0.25, -0.2) is 0 Å². The summed E-state index contributed by atoms with van der Waals surface area (Å²) < 4.78 is 5.60. The number of carbonyl (C=O) groups excluding carboxylic acids is 1. The zero-order valence-corrected chi connectivity index (χ0v) is 11.8. The van der Waals surface area contributed by atoms with Gasteiger partial charge in [-0.1, -0.05) is 45.4 Å². The van der Waals surface area contributed by atoms with Gasteiger partial charge >= 0.3 is 5.97 Å². The molecule has 0 aliphatic heterocycles. The van der Waals surface area contributed by atoms with Gasteiger partial charge in [-0.3, -0.25) is 4.79 Å². The van der Waals surface area contributed by atoms with Crippen LogP contribution in [-0.2, 0) is 9.53 Å². The summed E-state index contributed by atoms with van der Waals surface area (Å²) in [5, 5.41) is 0. The van der Waals surface area contributed by atoms with Crippen molar-refractivity contribution in [1.82, 2.24) is 0 Å². The van der Waals surface area contributed by atoms with Gasteiger partial charge in [-0.05, 0) is 32.1 Å². The van der Waals surface area contributed by atoms with E-state index in [0.29, 0.717) is 0 Å². The fraction of sp³-hybridized carbons (Fsp3) is 0.933. The maximum absolute atomic E-state index is 11.2. The van der Waals surface area contributed by atoms with Gasteiger partial charge in [-0.15, -0.1) is 0 Å². The third-order valence-corrected chi connectivity index (χ3v) is 3.89. The predicted octanol–water partition coefficient (Wildman–Crippen LogP) is 4.47. The lowest BCUT2D eigenvalue weighted by molar-refractivity contribution is -0.158. The highest BCUT2D eigenvalue weighted by Gasteiger charge is 2.31. The van der Waals surface area contributed by atoms with Crippen LogP contribution < -0.4 is 0 Å². The van der Waals surface area contributed by atoms with Crippen molar-refractivity contribution in [2.24, 2.45) is 5.92 Å². The zero-order valence-electron chi connectivity index (χ0n) is 11.8. The number of carbonyl (C=O) groups is 1. The molecule has 0 aromatic rings. The smallest absolute Gasteiger partial charge is 0.303 e. The summed E-state index contributed by atoms with van der Waals surface area (Å²) in [4.78, 5) is 11.2. The number of esters is 1. The van der Waals surface area contributed by atoms with Gasteiger partial charge in [0.1, 0.15) is 5.60 Å². The average Bonchev–Trinajstić information content (AvgIpc) is 2.26. The first-order valence-corrected chi connectivity index (χ1v) is 7.25. The lowest BCUT2D eigenvalue weighted by Crippen LogP contribution is -2.34. The molecule has 1 aliphatic carbocycles. The average molecular weight is 240 g/mol. The Bertz CT molecular complexity index is 231. The Morgan fingerprint density at radius 3 is 2.47 bits per heavy atom. The van der Waals surface area contributed by atoms with E-state index < -0.39 is 0 Å². The molecule has 2 heteroatoms. The highest BCUT2D eigenvalue weighted by Crippen LogP contribution is 2.34. The molecule has 1 unspecified atom stereocenters. The number of rotatable bonds is 6. The van der Waals surface area contributed by atoms with Crippen LogP contribution in [0.1, 0.15) is 78.6 Å². The largest absolute Gasteiger partial charge is 0.460 e. The standard InChI is InChI=1S/C15H28O2/c1-4-5-11-15(3,17-13(2)16)12-14-9-7-6-8-10-14/h14H,4-12H2,1-3H3. The Balaban J connectivity index is 2.51. The van der Waals surface area contributed by atoms with Crippen molar-refractivity contribution in [2.75, 3.05) is 0 Å².